The third-order valence-electron chi connectivity index (χ3n) is 4.84. The Morgan fingerprint density at radius 3 is 2.35 bits per heavy atom. The van der Waals surface area contributed by atoms with Gasteiger partial charge in [-0.25, -0.2) is 8.78 Å². The van der Waals surface area contributed by atoms with Crippen molar-refractivity contribution in [3.8, 4) is 0 Å². The number of anilines is 2. The van der Waals surface area contributed by atoms with Gasteiger partial charge in [0.25, 0.3) is 16.1 Å². The van der Waals surface area contributed by atoms with Crippen molar-refractivity contribution in [1.29, 1.82) is 0 Å². The minimum Gasteiger partial charge on any atom is -0.343 e. The molecule has 1 aromatic carbocycles. The molecule has 7 nitrogen and oxygen atoms in total. The Morgan fingerprint density at radius 2 is 1.84 bits per heavy atom. The molecule has 1 aromatic heterocycles. The van der Waals surface area contributed by atoms with E-state index in [4.69, 9.17) is 11.6 Å². The standard InChI is InChI=1S/C17H16ClF5N4O3S/c1-27-8-12(25-31(29,30)26-16(5-2-6-16)17(21,22)23)13(18)14(27)15(28)24-9-3-4-10(19)11(20)7-9/h3-4,7-8,25-26H,2,5-6H2,1H3,(H,24,28). The molecule has 170 valence electrons. The molecule has 1 heterocycles. The van der Waals surface area contributed by atoms with Crippen LogP contribution in [-0.2, 0) is 17.3 Å². The number of aromatic nitrogens is 1. The predicted molar refractivity (Wildman–Crippen MR) is 103 cm³/mol. The molecule has 0 saturated heterocycles. The lowest BCUT2D eigenvalue weighted by Crippen LogP contribution is -2.63. The normalized spacial score (nSPS) is 16.0. The van der Waals surface area contributed by atoms with Crippen LogP contribution in [0.1, 0.15) is 29.8 Å². The number of hydrogen-bond acceptors (Lipinski definition) is 3. The molecule has 1 aliphatic carbocycles. The molecule has 0 bridgehead atoms. The van der Waals surface area contributed by atoms with E-state index in [1.54, 1.807) is 4.72 Å². The van der Waals surface area contributed by atoms with Crippen molar-refractivity contribution < 1.29 is 35.2 Å². The Balaban J connectivity index is 1.80. The maximum atomic E-state index is 13.3. The summed E-state index contributed by atoms with van der Waals surface area (Å²) in [6, 6.07) is 2.61. The fraction of sp³-hybridized carbons (Fsp3) is 0.353. The molecule has 0 spiro atoms. The number of hydrogen-bond donors (Lipinski definition) is 3. The van der Waals surface area contributed by atoms with Gasteiger partial charge in [-0.3, -0.25) is 9.52 Å². The third-order valence-corrected chi connectivity index (χ3v) is 6.37. The predicted octanol–water partition coefficient (Wildman–Crippen LogP) is 3.94. The molecule has 1 aliphatic rings. The summed E-state index contributed by atoms with van der Waals surface area (Å²) in [6.45, 7) is 0. The smallest absolute Gasteiger partial charge is 0.343 e. The molecule has 0 radical (unpaired) electrons. The van der Waals surface area contributed by atoms with E-state index in [0.717, 1.165) is 29.0 Å². The molecule has 14 heteroatoms. The summed E-state index contributed by atoms with van der Waals surface area (Å²) >= 11 is 6.07. The molecule has 31 heavy (non-hydrogen) atoms. The first-order chi connectivity index (χ1) is 14.2. The van der Waals surface area contributed by atoms with E-state index in [-0.39, 0.29) is 23.5 Å². The molecular formula is C17H16ClF5N4O3S. The highest BCUT2D eigenvalue weighted by molar-refractivity contribution is 7.90. The Bertz CT molecular complexity index is 1130. The average molecular weight is 487 g/mol. The number of alkyl halides is 3. The van der Waals surface area contributed by atoms with Gasteiger partial charge >= 0.3 is 6.18 Å². The van der Waals surface area contributed by atoms with E-state index >= 15 is 0 Å². The first-order valence-corrected chi connectivity index (χ1v) is 10.6. The van der Waals surface area contributed by atoms with Crippen molar-refractivity contribution in [1.82, 2.24) is 9.29 Å². The van der Waals surface area contributed by atoms with Crippen LogP contribution in [0.3, 0.4) is 0 Å². The number of benzene rings is 1. The van der Waals surface area contributed by atoms with Crippen LogP contribution in [-0.4, -0.2) is 30.6 Å². The fourth-order valence-corrected chi connectivity index (χ4v) is 4.79. The largest absolute Gasteiger partial charge is 0.407 e. The van der Waals surface area contributed by atoms with Crippen LogP contribution in [0.4, 0.5) is 33.3 Å². The second kappa shape index (κ2) is 7.95. The molecule has 0 unspecified atom stereocenters. The van der Waals surface area contributed by atoms with Gasteiger partial charge in [0, 0.05) is 25.0 Å². The SMILES string of the molecule is Cn1cc(NS(=O)(=O)NC2(C(F)(F)F)CCC2)c(Cl)c1C(=O)Nc1ccc(F)c(F)c1. The summed E-state index contributed by atoms with van der Waals surface area (Å²) in [6.07, 6.45) is -4.29. The van der Waals surface area contributed by atoms with Crippen LogP contribution in [0.15, 0.2) is 24.4 Å². The average Bonchev–Trinajstić information content (AvgIpc) is 2.86. The monoisotopic (exact) mass is 486 g/mol. The second-order valence-electron chi connectivity index (χ2n) is 7.04. The van der Waals surface area contributed by atoms with E-state index < -0.39 is 57.3 Å². The lowest BCUT2D eigenvalue weighted by molar-refractivity contribution is -0.212. The molecule has 2 aromatic rings. The number of nitrogens with zero attached hydrogens (tertiary/aromatic N) is 1. The molecule has 1 amide bonds. The number of aryl methyl sites for hydroxylation is 1. The topological polar surface area (TPSA) is 92.2 Å². The quantitative estimate of drug-likeness (QED) is 0.540. The summed E-state index contributed by atoms with van der Waals surface area (Å²) in [5, 5.41) is 1.87. The highest BCUT2D eigenvalue weighted by Gasteiger charge is 2.60. The molecule has 0 aliphatic heterocycles. The number of halogens is 6. The van der Waals surface area contributed by atoms with Crippen molar-refractivity contribution in [3.63, 3.8) is 0 Å². The summed E-state index contributed by atoms with van der Waals surface area (Å²) in [4.78, 5) is 12.5. The number of carbonyl (C=O) groups is 1. The van der Waals surface area contributed by atoms with Crippen LogP contribution in [0, 0.1) is 11.6 Å². The fourth-order valence-electron chi connectivity index (χ4n) is 3.09. The molecule has 0 atom stereocenters. The van der Waals surface area contributed by atoms with Crippen LogP contribution in [0.25, 0.3) is 0 Å². The van der Waals surface area contributed by atoms with Crippen molar-refractivity contribution in [2.75, 3.05) is 10.0 Å². The molecule has 1 fully saturated rings. The Morgan fingerprint density at radius 1 is 1.19 bits per heavy atom. The molecule has 1 saturated carbocycles. The maximum Gasteiger partial charge on any atom is 0.407 e. The summed E-state index contributed by atoms with van der Waals surface area (Å²) in [5.41, 5.74) is -3.27. The Labute approximate surface area is 178 Å². The number of nitrogens with one attached hydrogen (secondary N) is 3. The van der Waals surface area contributed by atoms with Gasteiger partial charge in [0.2, 0.25) is 0 Å². The van der Waals surface area contributed by atoms with Crippen molar-refractivity contribution in [3.05, 3.63) is 46.7 Å². The minimum absolute atomic E-state index is 0.0953. The lowest BCUT2D eigenvalue weighted by atomic mass is 9.77. The van der Waals surface area contributed by atoms with Gasteiger partial charge in [-0.1, -0.05) is 11.6 Å². The van der Waals surface area contributed by atoms with E-state index in [1.807, 2.05) is 4.72 Å². The van der Waals surface area contributed by atoms with E-state index in [2.05, 4.69) is 5.32 Å². The molecule has 3 N–H and O–H groups in total. The lowest BCUT2D eigenvalue weighted by Gasteiger charge is -2.42. The van der Waals surface area contributed by atoms with Gasteiger partial charge in [0.15, 0.2) is 11.6 Å². The Kier molecular flexibility index (Phi) is 5.97. The first-order valence-electron chi connectivity index (χ1n) is 8.74. The van der Waals surface area contributed by atoms with Crippen LogP contribution in [0.5, 0.6) is 0 Å². The zero-order valence-corrected chi connectivity index (χ0v) is 17.4. The van der Waals surface area contributed by atoms with Gasteiger partial charge in [0.1, 0.15) is 11.2 Å². The van der Waals surface area contributed by atoms with Crippen LogP contribution in [0.2, 0.25) is 5.02 Å². The van der Waals surface area contributed by atoms with Crippen molar-refractivity contribution in [2.24, 2.45) is 7.05 Å². The highest BCUT2D eigenvalue weighted by atomic mass is 35.5. The molecular weight excluding hydrogens is 471 g/mol. The molecule has 3 rings (SSSR count). The zero-order chi connectivity index (χ0) is 23.2. The number of carbonyl (C=O) groups excluding carboxylic acids is 1. The van der Waals surface area contributed by atoms with Gasteiger partial charge in [-0.05, 0) is 31.4 Å². The van der Waals surface area contributed by atoms with Gasteiger partial charge in [-0.2, -0.15) is 26.3 Å². The highest BCUT2D eigenvalue weighted by Crippen LogP contribution is 2.45. The van der Waals surface area contributed by atoms with Crippen LogP contribution < -0.4 is 14.8 Å². The summed E-state index contributed by atoms with van der Waals surface area (Å²) in [7, 11) is -3.36. The van der Waals surface area contributed by atoms with Gasteiger partial charge < -0.3 is 9.88 Å². The second-order valence-corrected chi connectivity index (χ2v) is 8.83. The van der Waals surface area contributed by atoms with Crippen molar-refractivity contribution in [2.45, 2.75) is 31.0 Å². The van der Waals surface area contributed by atoms with E-state index in [9.17, 15) is 35.2 Å². The first kappa shape index (κ1) is 23.3. The summed E-state index contributed by atoms with van der Waals surface area (Å²) in [5.74, 6) is -3.21. The van der Waals surface area contributed by atoms with Crippen LogP contribution >= 0.6 is 11.6 Å². The van der Waals surface area contributed by atoms with Gasteiger partial charge in [0.05, 0.1) is 10.7 Å². The number of amides is 1. The van der Waals surface area contributed by atoms with E-state index in [1.165, 1.54) is 7.05 Å². The maximum absolute atomic E-state index is 13.3. The van der Waals surface area contributed by atoms with Crippen molar-refractivity contribution >= 4 is 39.1 Å². The van der Waals surface area contributed by atoms with Gasteiger partial charge in [-0.15, -0.1) is 0 Å². The van der Waals surface area contributed by atoms with E-state index in [0.29, 0.717) is 0 Å². The Hall–Kier alpha value is -2.38. The zero-order valence-electron chi connectivity index (χ0n) is 15.8. The minimum atomic E-state index is -4.78. The number of rotatable bonds is 6. The third kappa shape index (κ3) is 4.62. The summed E-state index contributed by atoms with van der Waals surface area (Å²) < 4.78 is 95.3.